The second-order valence-electron chi connectivity index (χ2n) is 7.60. The van der Waals surface area contributed by atoms with Gasteiger partial charge in [-0.15, -0.1) is 0 Å². The number of hydrogen-bond donors (Lipinski definition) is 1. The van der Waals surface area contributed by atoms with Gasteiger partial charge in [0.2, 0.25) is 5.91 Å². The van der Waals surface area contributed by atoms with Crippen LogP contribution in [0.4, 0.5) is 5.69 Å². The van der Waals surface area contributed by atoms with Gasteiger partial charge in [0.05, 0.1) is 22.9 Å². The van der Waals surface area contributed by atoms with Crippen LogP contribution in [-0.4, -0.2) is 36.4 Å². The highest BCUT2D eigenvalue weighted by Gasteiger charge is 2.23. The second kappa shape index (κ2) is 10.7. The number of anilines is 1. The van der Waals surface area contributed by atoms with E-state index in [4.69, 9.17) is 27.9 Å². The van der Waals surface area contributed by atoms with Crippen LogP contribution in [0.2, 0.25) is 10.0 Å². The maximum absolute atomic E-state index is 12.9. The lowest BCUT2D eigenvalue weighted by Crippen LogP contribution is -2.38. The van der Waals surface area contributed by atoms with Crippen molar-refractivity contribution in [1.29, 1.82) is 0 Å². The number of ether oxygens (including phenoxy) is 1. The molecule has 0 unspecified atom stereocenters. The Balaban J connectivity index is 1.51. The van der Waals surface area contributed by atoms with Gasteiger partial charge in [-0.25, -0.2) is 0 Å². The number of benzene rings is 2. The van der Waals surface area contributed by atoms with Gasteiger partial charge >= 0.3 is 0 Å². The van der Waals surface area contributed by atoms with Crippen molar-refractivity contribution < 1.29 is 14.3 Å². The Hall–Kier alpha value is -2.24. The van der Waals surface area contributed by atoms with E-state index in [1.807, 2.05) is 17.0 Å². The Kier molecular flexibility index (Phi) is 8.00. The fourth-order valence-electron chi connectivity index (χ4n) is 3.38. The van der Waals surface area contributed by atoms with Crippen LogP contribution < -0.4 is 10.1 Å². The number of piperidine rings is 1. The number of carbonyl (C=O) groups excluding carboxylic acids is 2. The third kappa shape index (κ3) is 6.13. The maximum Gasteiger partial charge on any atom is 0.255 e. The van der Waals surface area contributed by atoms with Gasteiger partial charge in [0.15, 0.2) is 0 Å². The lowest BCUT2D eigenvalue weighted by Gasteiger charge is -2.30. The van der Waals surface area contributed by atoms with Crippen LogP contribution in [0.3, 0.4) is 0 Å². The van der Waals surface area contributed by atoms with E-state index in [1.165, 1.54) is 0 Å². The van der Waals surface area contributed by atoms with E-state index in [2.05, 4.69) is 12.2 Å². The van der Waals surface area contributed by atoms with Crippen molar-refractivity contribution in [3.8, 4) is 5.75 Å². The third-order valence-electron chi connectivity index (χ3n) is 5.20. The number of carbonyl (C=O) groups is 2. The molecule has 0 spiro atoms. The van der Waals surface area contributed by atoms with Crippen molar-refractivity contribution in [1.82, 2.24) is 4.90 Å². The van der Waals surface area contributed by atoms with Gasteiger partial charge in [-0.2, -0.15) is 0 Å². The monoisotopic (exact) mass is 448 g/mol. The van der Waals surface area contributed by atoms with Crippen LogP contribution in [-0.2, 0) is 4.79 Å². The Morgan fingerprint density at radius 1 is 1.13 bits per heavy atom. The van der Waals surface area contributed by atoms with Gasteiger partial charge in [0.1, 0.15) is 5.75 Å². The highest BCUT2D eigenvalue weighted by molar-refractivity contribution is 6.35. The SMILES string of the molecule is CC1CCN(C(=O)c2ccccc2NC(=O)CCCOc2ccc(Cl)cc2Cl)CC1. The fraction of sp³-hybridized carbons (Fsp3) is 0.391. The number of likely N-dealkylation sites (tertiary alicyclic amines) is 1. The van der Waals surface area contributed by atoms with Crippen molar-refractivity contribution in [3.05, 3.63) is 58.1 Å². The number of rotatable bonds is 7. The van der Waals surface area contributed by atoms with Gasteiger partial charge in [-0.3, -0.25) is 9.59 Å². The topological polar surface area (TPSA) is 58.6 Å². The fourth-order valence-corrected chi connectivity index (χ4v) is 3.84. The Bertz CT molecular complexity index is 896. The average Bonchev–Trinajstić information content (AvgIpc) is 2.73. The maximum atomic E-state index is 12.9. The predicted octanol–water partition coefficient (Wildman–Crippen LogP) is 5.66. The average molecular weight is 449 g/mol. The summed E-state index contributed by atoms with van der Waals surface area (Å²) >= 11 is 11.9. The number of hydrogen-bond acceptors (Lipinski definition) is 3. The summed E-state index contributed by atoms with van der Waals surface area (Å²) in [7, 11) is 0. The molecule has 5 nitrogen and oxygen atoms in total. The first kappa shape index (κ1) is 22.4. The molecule has 1 aliphatic rings. The van der Waals surface area contributed by atoms with Crippen LogP contribution in [0.15, 0.2) is 42.5 Å². The molecule has 0 atom stereocenters. The molecule has 3 rings (SSSR count). The van der Waals surface area contributed by atoms with E-state index in [9.17, 15) is 9.59 Å². The predicted molar refractivity (Wildman–Crippen MR) is 121 cm³/mol. The number of halogens is 2. The lowest BCUT2D eigenvalue weighted by atomic mass is 9.98. The van der Waals surface area contributed by atoms with E-state index in [0.29, 0.717) is 46.0 Å². The Morgan fingerprint density at radius 3 is 2.60 bits per heavy atom. The minimum absolute atomic E-state index is 0.0292. The molecule has 2 aromatic rings. The van der Waals surface area contributed by atoms with Crippen LogP contribution in [0.1, 0.15) is 43.0 Å². The summed E-state index contributed by atoms with van der Waals surface area (Å²) in [4.78, 5) is 27.2. The number of nitrogens with zero attached hydrogens (tertiary/aromatic N) is 1. The smallest absolute Gasteiger partial charge is 0.255 e. The molecule has 0 bridgehead atoms. The van der Waals surface area contributed by atoms with Gasteiger partial charge in [-0.1, -0.05) is 42.3 Å². The van der Waals surface area contributed by atoms with Crippen LogP contribution in [0, 0.1) is 5.92 Å². The minimum Gasteiger partial charge on any atom is -0.492 e. The molecule has 1 saturated heterocycles. The summed E-state index contributed by atoms with van der Waals surface area (Å²) in [5.74, 6) is 0.995. The standard InChI is InChI=1S/C23H26Cl2N2O3/c1-16-10-12-27(13-11-16)23(29)18-5-2-3-6-20(18)26-22(28)7-4-14-30-21-9-8-17(24)15-19(21)25/h2-3,5-6,8-9,15-16H,4,7,10-14H2,1H3,(H,26,28). The summed E-state index contributed by atoms with van der Waals surface area (Å²) in [5.41, 5.74) is 1.08. The zero-order valence-electron chi connectivity index (χ0n) is 17.0. The Morgan fingerprint density at radius 2 is 1.87 bits per heavy atom. The van der Waals surface area contributed by atoms with E-state index in [-0.39, 0.29) is 18.2 Å². The summed E-state index contributed by atoms with van der Waals surface area (Å²) in [6, 6.07) is 12.2. The van der Waals surface area contributed by atoms with Crippen LogP contribution >= 0.6 is 23.2 Å². The molecular formula is C23H26Cl2N2O3. The molecule has 2 amide bonds. The zero-order chi connectivity index (χ0) is 21.5. The van der Waals surface area contributed by atoms with Crippen molar-refractivity contribution in [3.63, 3.8) is 0 Å². The van der Waals surface area contributed by atoms with Crippen molar-refractivity contribution in [2.75, 3.05) is 25.0 Å². The van der Waals surface area contributed by atoms with Gasteiger partial charge in [0, 0.05) is 24.5 Å². The van der Waals surface area contributed by atoms with Crippen molar-refractivity contribution in [2.45, 2.75) is 32.6 Å². The normalized spacial score (nSPS) is 14.4. The lowest BCUT2D eigenvalue weighted by molar-refractivity contribution is -0.116. The molecule has 0 aliphatic carbocycles. The summed E-state index contributed by atoms with van der Waals surface area (Å²) in [5, 5.41) is 3.85. The molecule has 1 fully saturated rings. The van der Waals surface area contributed by atoms with Crippen molar-refractivity contribution >= 4 is 40.7 Å². The summed E-state index contributed by atoms with van der Waals surface area (Å²) in [6.07, 6.45) is 2.82. The molecular weight excluding hydrogens is 423 g/mol. The summed E-state index contributed by atoms with van der Waals surface area (Å²) < 4.78 is 5.61. The van der Waals surface area contributed by atoms with E-state index in [1.54, 1.807) is 30.3 Å². The van der Waals surface area contributed by atoms with Crippen LogP contribution in [0.5, 0.6) is 5.75 Å². The zero-order valence-corrected chi connectivity index (χ0v) is 18.5. The molecule has 7 heteroatoms. The Labute approximate surface area is 187 Å². The van der Waals surface area contributed by atoms with E-state index >= 15 is 0 Å². The molecule has 0 saturated carbocycles. The van der Waals surface area contributed by atoms with Gasteiger partial charge < -0.3 is 15.0 Å². The largest absolute Gasteiger partial charge is 0.492 e. The molecule has 1 aliphatic heterocycles. The number of nitrogens with one attached hydrogen (secondary N) is 1. The van der Waals surface area contributed by atoms with Crippen LogP contribution in [0.25, 0.3) is 0 Å². The minimum atomic E-state index is -0.159. The molecule has 2 aromatic carbocycles. The molecule has 1 heterocycles. The third-order valence-corrected chi connectivity index (χ3v) is 5.73. The highest BCUT2D eigenvalue weighted by atomic mass is 35.5. The quantitative estimate of drug-likeness (QED) is 0.555. The van der Waals surface area contributed by atoms with Gasteiger partial charge in [0.25, 0.3) is 5.91 Å². The number of para-hydroxylation sites is 1. The van der Waals surface area contributed by atoms with Crippen molar-refractivity contribution in [2.24, 2.45) is 5.92 Å². The van der Waals surface area contributed by atoms with E-state index in [0.717, 1.165) is 25.9 Å². The number of amides is 2. The molecule has 0 aromatic heterocycles. The first-order valence-corrected chi connectivity index (χ1v) is 11.0. The summed E-state index contributed by atoms with van der Waals surface area (Å²) in [6.45, 7) is 4.07. The molecule has 1 N–H and O–H groups in total. The second-order valence-corrected chi connectivity index (χ2v) is 8.44. The molecule has 30 heavy (non-hydrogen) atoms. The first-order chi connectivity index (χ1) is 14.4. The first-order valence-electron chi connectivity index (χ1n) is 10.2. The van der Waals surface area contributed by atoms with Gasteiger partial charge in [-0.05, 0) is 55.5 Å². The van der Waals surface area contributed by atoms with E-state index < -0.39 is 0 Å². The molecule has 160 valence electrons. The highest BCUT2D eigenvalue weighted by Crippen LogP contribution is 2.27. The molecule has 0 radical (unpaired) electrons.